The third kappa shape index (κ3) is 2.17. The van der Waals surface area contributed by atoms with Gasteiger partial charge in [0.15, 0.2) is 6.29 Å². The fraction of sp³-hybridized carbons (Fsp3) is 1.00. The molecule has 0 aliphatic carbocycles. The molecule has 1 aliphatic rings. The van der Waals surface area contributed by atoms with Crippen molar-refractivity contribution >= 4 is 0 Å². The first-order valence-electron chi connectivity index (χ1n) is 4.23. The van der Waals surface area contributed by atoms with Crippen molar-refractivity contribution in [2.45, 2.75) is 25.2 Å². The van der Waals surface area contributed by atoms with Gasteiger partial charge in [-0.2, -0.15) is 0 Å². The first-order chi connectivity index (χ1) is 5.79. The van der Waals surface area contributed by atoms with Gasteiger partial charge in [-0.05, 0) is 12.8 Å². The van der Waals surface area contributed by atoms with Crippen molar-refractivity contribution in [2.75, 3.05) is 20.3 Å². The molecule has 1 fully saturated rings. The maximum absolute atomic E-state index is 9.43. The Morgan fingerprint density at radius 2 is 2.33 bits per heavy atom. The molecule has 0 aromatic heterocycles. The third-order valence-corrected chi connectivity index (χ3v) is 2.20. The Hall–Kier alpha value is -0.160. The number of methoxy groups -OCH3 is 1. The molecule has 3 atom stereocenters. The molecule has 1 heterocycles. The normalized spacial score (nSPS) is 35.8. The fourth-order valence-electron chi connectivity index (χ4n) is 1.52. The molecule has 1 aliphatic heterocycles. The molecule has 0 radical (unpaired) electrons. The molecule has 0 aromatic carbocycles. The molecule has 0 aromatic rings. The number of ether oxygens (including phenoxy) is 2. The van der Waals surface area contributed by atoms with E-state index in [4.69, 9.17) is 14.6 Å². The lowest BCUT2D eigenvalue weighted by Gasteiger charge is -2.17. The standard InChI is InChI=1S/C8H16O4/c1-11-8-6(3-2-4-9)7(10)5-12-8/h6-10H,2-5H2,1H3. The zero-order valence-electron chi connectivity index (χ0n) is 7.27. The molecule has 12 heavy (non-hydrogen) atoms. The van der Waals surface area contributed by atoms with E-state index < -0.39 is 6.10 Å². The van der Waals surface area contributed by atoms with E-state index in [0.29, 0.717) is 13.0 Å². The highest BCUT2D eigenvalue weighted by Gasteiger charge is 2.35. The molecule has 3 unspecified atom stereocenters. The zero-order chi connectivity index (χ0) is 8.97. The first-order valence-corrected chi connectivity index (χ1v) is 4.23. The molecule has 0 saturated carbocycles. The Bertz CT molecular complexity index is 128. The number of rotatable bonds is 4. The molecule has 1 rings (SSSR count). The highest BCUT2D eigenvalue weighted by molar-refractivity contribution is 4.77. The number of hydrogen-bond acceptors (Lipinski definition) is 4. The van der Waals surface area contributed by atoms with Crippen LogP contribution in [-0.4, -0.2) is 42.9 Å². The second-order valence-electron chi connectivity index (χ2n) is 3.03. The van der Waals surface area contributed by atoms with Crippen molar-refractivity contribution in [2.24, 2.45) is 5.92 Å². The Morgan fingerprint density at radius 3 is 2.92 bits per heavy atom. The van der Waals surface area contributed by atoms with E-state index in [1.165, 1.54) is 0 Å². The summed E-state index contributed by atoms with van der Waals surface area (Å²) in [6.45, 7) is 0.494. The van der Waals surface area contributed by atoms with Gasteiger partial charge in [0.1, 0.15) is 0 Å². The van der Waals surface area contributed by atoms with Gasteiger partial charge >= 0.3 is 0 Å². The van der Waals surface area contributed by atoms with Gasteiger partial charge in [-0.3, -0.25) is 0 Å². The molecular weight excluding hydrogens is 160 g/mol. The van der Waals surface area contributed by atoms with Crippen molar-refractivity contribution in [1.29, 1.82) is 0 Å². The van der Waals surface area contributed by atoms with Gasteiger partial charge < -0.3 is 19.7 Å². The lowest BCUT2D eigenvalue weighted by Crippen LogP contribution is -2.25. The van der Waals surface area contributed by atoms with E-state index in [-0.39, 0.29) is 18.8 Å². The van der Waals surface area contributed by atoms with Crippen LogP contribution in [0.1, 0.15) is 12.8 Å². The van der Waals surface area contributed by atoms with Gasteiger partial charge in [0, 0.05) is 19.6 Å². The van der Waals surface area contributed by atoms with Gasteiger partial charge in [0.25, 0.3) is 0 Å². The maximum Gasteiger partial charge on any atom is 0.162 e. The van der Waals surface area contributed by atoms with Gasteiger partial charge in [0.2, 0.25) is 0 Å². The Morgan fingerprint density at radius 1 is 1.58 bits per heavy atom. The number of hydrogen-bond donors (Lipinski definition) is 2. The van der Waals surface area contributed by atoms with Crippen LogP contribution in [0.15, 0.2) is 0 Å². The predicted octanol–water partition coefficient (Wildman–Crippen LogP) is -0.261. The van der Waals surface area contributed by atoms with Crippen molar-refractivity contribution in [3.05, 3.63) is 0 Å². The smallest absolute Gasteiger partial charge is 0.162 e. The lowest BCUT2D eigenvalue weighted by atomic mass is 9.99. The summed E-state index contributed by atoms with van der Waals surface area (Å²) in [7, 11) is 1.56. The summed E-state index contributed by atoms with van der Waals surface area (Å²) in [5.74, 6) is 0.0159. The zero-order valence-corrected chi connectivity index (χ0v) is 7.27. The van der Waals surface area contributed by atoms with Crippen molar-refractivity contribution in [1.82, 2.24) is 0 Å². The van der Waals surface area contributed by atoms with Crippen molar-refractivity contribution in [3.8, 4) is 0 Å². The molecule has 72 valence electrons. The minimum atomic E-state index is -0.443. The molecule has 0 spiro atoms. The summed E-state index contributed by atoms with van der Waals surface area (Å²) in [6, 6.07) is 0. The molecular formula is C8H16O4. The summed E-state index contributed by atoms with van der Waals surface area (Å²) in [5, 5.41) is 18.0. The minimum absolute atomic E-state index is 0.0159. The van der Waals surface area contributed by atoms with E-state index in [1.54, 1.807) is 7.11 Å². The Balaban J connectivity index is 2.35. The fourth-order valence-corrected chi connectivity index (χ4v) is 1.52. The number of aliphatic hydroxyl groups excluding tert-OH is 2. The average molecular weight is 176 g/mol. The maximum atomic E-state index is 9.43. The third-order valence-electron chi connectivity index (χ3n) is 2.20. The summed E-state index contributed by atoms with van der Waals surface area (Å²) in [6.07, 6.45) is 0.689. The molecule has 0 bridgehead atoms. The van der Waals surface area contributed by atoms with Crippen LogP contribution < -0.4 is 0 Å². The van der Waals surface area contributed by atoms with Crippen LogP contribution in [0.3, 0.4) is 0 Å². The highest BCUT2D eigenvalue weighted by atomic mass is 16.7. The molecule has 1 saturated heterocycles. The largest absolute Gasteiger partial charge is 0.396 e. The Kier molecular flexibility index (Phi) is 3.94. The topological polar surface area (TPSA) is 58.9 Å². The van der Waals surface area contributed by atoms with E-state index >= 15 is 0 Å². The van der Waals surface area contributed by atoms with Gasteiger partial charge in [-0.1, -0.05) is 0 Å². The summed E-state index contributed by atoms with van der Waals surface area (Å²) in [5.41, 5.74) is 0. The van der Waals surface area contributed by atoms with E-state index in [0.717, 1.165) is 6.42 Å². The molecule has 0 amide bonds. The van der Waals surface area contributed by atoms with Crippen LogP contribution in [0.25, 0.3) is 0 Å². The summed E-state index contributed by atoms with van der Waals surface area (Å²) in [4.78, 5) is 0. The van der Waals surface area contributed by atoms with Crippen LogP contribution in [0.4, 0.5) is 0 Å². The molecule has 4 heteroatoms. The van der Waals surface area contributed by atoms with Crippen LogP contribution in [0.2, 0.25) is 0 Å². The molecule has 4 nitrogen and oxygen atoms in total. The second-order valence-corrected chi connectivity index (χ2v) is 3.03. The van der Waals surface area contributed by atoms with Crippen LogP contribution in [0, 0.1) is 5.92 Å². The summed E-state index contributed by atoms with van der Waals surface area (Å²) >= 11 is 0. The predicted molar refractivity (Wildman–Crippen MR) is 42.6 cm³/mol. The quantitative estimate of drug-likeness (QED) is 0.619. The van der Waals surface area contributed by atoms with Gasteiger partial charge in [0.05, 0.1) is 12.7 Å². The monoisotopic (exact) mass is 176 g/mol. The number of aliphatic hydroxyl groups is 2. The first kappa shape index (κ1) is 9.92. The van der Waals surface area contributed by atoms with Crippen LogP contribution in [0.5, 0.6) is 0 Å². The van der Waals surface area contributed by atoms with Crippen LogP contribution in [-0.2, 0) is 9.47 Å². The van der Waals surface area contributed by atoms with Gasteiger partial charge in [-0.25, -0.2) is 0 Å². The SMILES string of the molecule is COC1OCC(O)C1CCCO. The van der Waals surface area contributed by atoms with Crippen molar-refractivity contribution in [3.63, 3.8) is 0 Å². The minimum Gasteiger partial charge on any atom is -0.396 e. The second kappa shape index (κ2) is 4.77. The highest BCUT2D eigenvalue weighted by Crippen LogP contribution is 2.25. The Labute approximate surface area is 72.1 Å². The van der Waals surface area contributed by atoms with Crippen LogP contribution >= 0.6 is 0 Å². The van der Waals surface area contributed by atoms with Gasteiger partial charge in [-0.15, -0.1) is 0 Å². The van der Waals surface area contributed by atoms with E-state index in [1.807, 2.05) is 0 Å². The van der Waals surface area contributed by atoms with Crippen molar-refractivity contribution < 1.29 is 19.7 Å². The lowest BCUT2D eigenvalue weighted by molar-refractivity contribution is -0.112. The van der Waals surface area contributed by atoms with E-state index in [2.05, 4.69) is 0 Å². The van der Waals surface area contributed by atoms with E-state index in [9.17, 15) is 5.11 Å². The average Bonchev–Trinajstić information content (AvgIpc) is 2.43. The summed E-state index contributed by atoms with van der Waals surface area (Å²) < 4.78 is 10.2. The molecule has 2 N–H and O–H groups in total.